The predicted octanol–water partition coefficient (Wildman–Crippen LogP) is 1.10. The summed E-state index contributed by atoms with van der Waals surface area (Å²) in [6.07, 6.45) is 1.42. The maximum atomic E-state index is 13.0. The van der Waals surface area contributed by atoms with Gasteiger partial charge >= 0.3 is 5.97 Å². The number of morpholine rings is 1. The Morgan fingerprint density at radius 1 is 1.32 bits per heavy atom. The van der Waals surface area contributed by atoms with Crippen molar-refractivity contribution in [3.05, 3.63) is 53.3 Å². The van der Waals surface area contributed by atoms with Crippen molar-refractivity contribution >= 4 is 11.9 Å². The monoisotopic (exact) mass is 386 g/mol. The van der Waals surface area contributed by atoms with Crippen LogP contribution in [0.2, 0.25) is 0 Å². The van der Waals surface area contributed by atoms with Crippen molar-refractivity contribution in [1.82, 2.24) is 19.6 Å². The Balaban J connectivity index is 1.64. The Morgan fingerprint density at radius 3 is 2.79 bits per heavy atom. The summed E-state index contributed by atoms with van der Waals surface area (Å²) < 4.78 is 7.55. The number of aliphatic carboxylic acids is 1. The zero-order chi connectivity index (χ0) is 20.1. The predicted molar refractivity (Wildman–Crippen MR) is 103 cm³/mol. The molecule has 1 amide bonds. The first kappa shape index (κ1) is 20.0. The number of ether oxygens (including phenoxy) is 1. The number of likely N-dealkylation sites (N-methyl/N-ethyl adjacent to an activating group) is 1. The van der Waals surface area contributed by atoms with Gasteiger partial charge in [-0.1, -0.05) is 30.3 Å². The lowest BCUT2D eigenvalue weighted by molar-refractivity contribution is -0.138. The van der Waals surface area contributed by atoms with Crippen LogP contribution in [0.1, 0.15) is 21.6 Å². The van der Waals surface area contributed by atoms with Crippen molar-refractivity contribution in [2.75, 3.05) is 39.8 Å². The van der Waals surface area contributed by atoms with Crippen molar-refractivity contribution in [2.45, 2.75) is 19.6 Å². The third kappa shape index (κ3) is 4.96. The molecule has 1 N–H and O–H groups in total. The summed E-state index contributed by atoms with van der Waals surface area (Å²) in [5, 5.41) is 13.3. The van der Waals surface area contributed by atoms with E-state index in [0.717, 1.165) is 11.3 Å². The van der Waals surface area contributed by atoms with Gasteiger partial charge in [-0.3, -0.25) is 19.2 Å². The van der Waals surface area contributed by atoms with Gasteiger partial charge < -0.3 is 14.7 Å². The molecule has 28 heavy (non-hydrogen) atoms. The van der Waals surface area contributed by atoms with Crippen LogP contribution in [0.25, 0.3) is 0 Å². The molecule has 8 nitrogen and oxygen atoms in total. The van der Waals surface area contributed by atoms with E-state index in [2.05, 4.69) is 5.10 Å². The van der Waals surface area contributed by atoms with Crippen LogP contribution < -0.4 is 0 Å². The Bertz CT molecular complexity index is 821. The summed E-state index contributed by atoms with van der Waals surface area (Å²) in [6.45, 7) is 4.32. The summed E-state index contributed by atoms with van der Waals surface area (Å²) in [6, 6.07) is 9.99. The fraction of sp³-hybridized carbons (Fsp3) is 0.450. The molecule has 1 fully saturated rings. The largest absolute Gasteiger partial charge is 0.480 e. The van der Waals surface area contributed by atoms with Crippen LogP contribution in [0.3, 0.4) is 0 Å². The molecule has 1 unspecified atom stereocenters. The van der Waals surface area contributed by atoms with Crippen LogP contribution in [0.5, 0.6) is 0 Å². The van der Waals surface area contributed by atoms with Crippen molar-refractivity contribution in [1.29, 1.82) is 0 Å². The SMILES string of the molecule is Cc1c(C(=O)N2CCOC(CN(C)CC(=O)O)C2)cnn1Cc1ccccc1. The summed E-state index contributed by atoms with van der Waals surface area (Å²) in [5.74, 6) is -0.946. The highest BCUT2D eigenvalue weighted by Crippen LogP contribution is 2.16. The number of nitrogens with zero attached hydrogens (tertiary/aromatic N) is 4. The highest BCUT2D eigenvalue weighted by atomic mass is 16.5. The van der Waals surface area contributed by atoms with Crippen LogP contribution >= 0.6 is 0 Å². The number of carbonyl (C=O) groups is 2. The summed E-state index contributed by atoms with van der Waals surface area (Å²) in [7, 11) is 1.73. The number of benzene rings is 1. The number of aromatic nitrogens is 2. The molecule has 2 heterocycles. The van der Waals surface area contributed by atoms with Crippen LogP contribution in [0, 0.1) is 6.92 Å². The second-order valence-corrected chi connectivity index (χ2v) is 7.12. The third-order valence-corrected chi connectivity index (χ3v) is 4.86. The van der Waals surface area contributed by atoms with E-state index in [0.29, 0.717) is 38.3 Å². The number of rotatable bonds is 7. The molecule has 1 saturated heterocycles. The van der Waals surface area contributed by atoms with Crippen LogP contribution in [-0.2, 0) is 16.1 Å². The average molecular weight is 386 g/mol. The number of hydrogen-bond acceptors (Lipinski definition) is 5. The lowest BCUT2D eigenvalue weighted by atomic mass is 10.2. The molecule has 1 aliphatic heterocycles. The zero-order valence-corrected chi connectivity index (χ0v) is 16.2. The molecule has 0 bridgehead atoms. The third-order valence-electron chi connectivity index (χ3n) is 4.86. The second-order valence-electron chi connectivity index (χ2n) is 7.12. The van der Waals surface area contributed by atoms with E-state index in [-0.39, 0.29) is 18.6 Å². The highest BCUT2D eigenvalue weighted by Gasteiger charge is 2.28. The Morgan fingerprint density at radius 2 is 2.07 bits per heavy atom. The van der Waals surface area contributed by atoms with Crippen molar-refractivity contribution in [3.63, 3.8) is 0 Å². The number of hydrogen-bond donors (Lipinski definition) is 1. The molecular formula is C20H26N4O4. The zero-order valence-electron chi connectivity index (χ0n) is 16.2. The molecule has 1 aliphatic rings. The van der Waals surface area contributed by atoms with E-state index < -0.39 is 5.97 Å². The summed E-state index contributed by atoms with van der Waals surface area (Å²) in [4.78, 5) is 27.3. The van der Waals surface area contributed by atoms with Gasteiger partial charge in [0.1, 0.15) is 0 Å². The van der Waals surface area contributed by atoms with E-state index in [1.54, 1.807) is 23.0 Å². The van der Waals surface area contributed by atoms with Crippen LogP contribution in [-0.4, -0.2) is 82.5 Å². The van der Waals surface area contributed by atoms with E-state index in [9.17, 15) is 9.59 Å². The molecule has 8 heteroatoms. The van der Waals surface area contributed by atoms with Gasteiger partial charge in [0.15, 0.2) is 0 Å². The van der Waals surface area contributed by atoms with Gasteiger partial charge in [-0.15, -0.1) is 0 Å². The topological polar surface area (TPSA) is 87.9 Å². The first-order valence-corrected chi connectivity index (χ1v) is 9.31. The van der Waals surface area contributed by atoms with Crippen molar-refractivity contribution in [2.24, 2.45) is 0 Å². The molecule has 1 aromatic heterocycles. The number of carboxylic acids is 1. The molecular weight excluding hydrogens is 360 g/mol. The standard InChI is InChI=1S/C20H26N4O4/c1-15-18(10-21-24(15)11-16-6-4-3-5-7-16)20(27)23-8-9-28-17(13-23)12-22(2)14-19(25)26/h3-7,10,17H,8-9,11-14H2,1-2H3,(H,25,26). The van der Waals surface area contributed by atoms with Gasteiger partial charge in [0.2, 0.25) is 0 Å². The van der Waals surface area contributed by atoms with E-state index >= 15 is 0 Å². The lowest BCUT2D eigenvalue weighted by Crippen LogP contribution is -2.49. The molecule has 0 spiro atoms. The average Bonchev–Trinajstić information content (AvgIpc) is 3.02. The number of amides is 1. The Labute approximate surface area is 164 Å². The molecule has 1 aromatic carbocycles. The minimum absolute atomic E-state index is 0.0564. The number of carbonyl (C=O) groups excluding carboxylic acids is 1. The van der Waals surface area contributed by atoms with Crippen molar-refractivity contribution in [3.8, 4) is 0 Å². The first-order valence-electron chi connectivity index (χ1n) is 9.31. The van der Waals surface area contributed by atoms with Crippen molar-refractivity contribution < 1.29 is 19.4 Å². The van der Waals surface area contributed by atoms with Gasteiger partial charge in [0.05, 0.1) is 37.6 Å². The fourth-order valence-electron chi connectivity index (χ4n) is 3.40. The minimum Gasteiger partial charge on any atom is -0.480 e. The van der Waals surface area contributed by atoms with E-state index in [4.69, 9.17) is 9.84 Å². The lowest BCUT2D eigenvalue weighted by Gasteiger charge is -2.34. The summed E-state index contributed by atoms with van der Waals surface area (Å²) in [5.41, 5.74) is 2.55. The molecule has 2 aromatic rings. The Kier molecular flexibility index (Phi) is 6.43. The first-order chi connectivity index (χ1) is 13.4. The maximum absolute atomic E-state index is 13.0. The smallest absolute Gasteiger partial charge is 0.317 e. The molecule has 150 valence electrons. The molecule has 1 atom stereocenters. The molecule has 3 rings (SSSR count). The maximum Gasteiger partial charge on any atom is 0.317 e. The van der Waals surface area contributed by atoms with Crippen LogP contribution in [0.15, 0.2) is 36.5 Å². The molecule has 0 saturated carbocycles. The summed E-state index contributed by atoms with van der Waals surface area (Å²) >= 11 is 0. The van der Waals surface area contributed by atoms with Gasteiger partial charge in [-0.05, 0) is 19.5 Å². The number of carboxylic acid groups (broad SMARTS) is 1. The van der Waals surface area contributed by atoms with Crippen LogP contribution in [0.4, 0.5) is 0 Å². The molecule has 0 radical (unpaired) electrons. The van der Waals surface area contributed by atoms with E-state index in [1.807, 2.05) is 41.9 Å². The quantitative estimate of drug-likeness (QED) is 0.767. The van der Waals surface area contributed by atoms with Gasteiger partial charge in [0, 0.05) is 25.3 Å². The molecule has 0 aliphatic carbocycles. The highest BCUT2D eigenvalue weighted by molar-refractivity contribution is 5.95. The minimum atomic E-state index is -0.882. The van der Waals surface area contributed by atoms with Gasteiger partial charge in [-0.2, -0.15) is 5.10 Å². The van der Waals surface area contributed by atoms with E-state index in [1.165, 1.54) is 0 Å². The van der Waals surface area contributed by atoms with Gasteiger partial charge in [0.25, 0.3) is 5.91 Å². The second kappa shape index (κ2) is 8.99. The normalized spacial score (nSPS) is 17.1. The Hall–Kier alpha value is -2.71. The fourth-order valence-corrected chi connectivity index (χ4v) is 3.40. The van der Waals surface area contributed by atoms with Gasteiger partial charge in [-0.25, -0.2) is 0 Å².